The summed E-state index contributed by atoms with van der Waals surface area (Å²) in [6, 6.07) is 8.94. The molecule has 0 aliphatic carbocycles. The van der Waals surface area contributed by atoms with Gasteiger partial charge in [0.05, 0.1) is 17.1 Å². The second-order valence-electron chi connectivity index (χ2n) is 4.05. The molecule has 2 aromatic carbocycles. The van der Waals surface area contributed by atoms with Gasteiger partial charge in [-0.2, -0.15) is 0 Å². The van der Waals surface area contributed by atoms with Crippen molar-refractivity contribution in [1.82, 2.24) is 0 Å². The summed E-state index contributed by atoms with van der Waals surface area (Å²) < 4.78 is 14.0. The third-order valence-corrected chi connectivity index (χ3v) is 2.94. The van der Waals surface area contributed by atoms with Crippen LogP contribution < -0.4 is 16.8 Å². The maximum absolute atomic E-state index is 14.0. The van der Waals surface area contributed by atoms with Crippen LogP contribution in [0.25, 0.3) is 0 Å². The molecule has 2 aromatic rings. The Kier molecular flexibility index (Phi) is 3.30. The highest BCUT2D eigenvalue weighted by molar-refractivity contribution is 6.33. The van der Waals surface area contributed by atoms with Crippen molar-refractivity contribution in [2.24, 2.45) is 0 Å². The molecule has 0 saturated carbocycles. The predicted molar refractivity (Wildman–Crippen MR) is 74.7 cm³/mol. The minimum absolute atomic E-state index is 0.126. The van der Waals surface area contributed by atoms with E-state index in [1.54, 1.807) is 0 Å². The number of hydrogen-bond donors (Lipinski definition) is 3. The first-order valence-electron chi connectivity index (χ1n) is 5.35. The quantitative estimate of drug-likeness (QED) is 0.726. The fourth-order valence-corrected chi connectivity index (χ4v) is 1.81. The summed E-state index contributed by atoms with van der Waals surface area (Å²) >= 11 is 5.76. The molecule has 0 bridgehead atoms. The molecule has 94 valence electrons. The molecular weight excluding hydrogens is 253 g/mol. The monoisotopic (exact) mass is 265 g/mol. The molecule has 3 nitrogen and oxygen atoms in total. The topological polar surface area (TPSA) is 64.1 Å². The van der Waals surface area contributed by atoms with Gasteiger partial charge in [0.15, 0.2) is 5.82 Å². The van der Waals surface area contributed by atoms with E-state index in [-0.39, 0.29) is 22.1 Å². The molecule has 0 fully saturated rings. The van der Waals surface area contributed by atoms with Gasteiger partial charge in [0, 0.05) is 5.69 Å². The molecular formula is C13H13ClFN3. The van der Waals surface area contributed by atoms with Crippen molar-refractivity contribution in [3.05, 3.63) is 46.7 Å². The molecule has 2 rings (SSSR count). The first kappa shape index (κ1) is 12.5. The van der Waals surface area contributed by atoms with Crippen LogP contribution in [0.5, 0.6) is 0 Å². The Balaban J connectivity index is 2.44. The van der Waals surface area contributed by atoms with Gasteiger partial charge in [0.2, 0.25) is 0 Å². The number of nitrogen functional groups attached to an aromatic ring is 2. The summed E-state index contributed by atoms with van der Waals surface area (Å²) in [5, 5.41) is 2.78. The first-order chi connectivity index (χ1) is 8.49. The van der Waals surface area contributed by atoms with E-state index in [9.17, 15) is 4.39 Å². The molecule has 0 aliphatic rings. The van der Waals surface area contributed by atoms with E-state index < -0.39 is 5.82 Å². The summed E-state index contributed by atoms with van der Waals surface area (Å²) in [4.78, 5) is 0. The lowest BCUT2D eigenvalue weighted by molar-refractivity contribution is 0.633. The second-order valence-corrected chi connectivity index (χ2v) is 4.43. The molecule has 5 heteroatoms. The van der Waals surface area contributed by atoms with Crippen LogP contribution in [0.4, 0.5) is 27.1 Å². The van der Waals surface area contributed by atoms with Crippen molar-refractivity contribution in [3.63, 3.8) is 0 Å². The van der Waals surface area contributed by atoms with E-state index in [1.807, 2.05) is 31.2 Å². The molecule has 5 N–H and O–H groups in total. The zero-order valence-electron chi connectivity index (χ0n) is 9.80. The Morgan fingerprint density at radius 3 is 2.56 bits per heavy atom. The maximum atomic E-state index is 14.0. The van der Waals surface area contributed by atoms with Gasteiger partial charge in [0.1, 0.15) is 5.02 Å². The molecule has 0 unspecified atom stereocenters. The van der Waals surface area contributed by atoms with E-state index in [1.165, 1.54) is 6.07 Å². The van der Waals surface area contributed by atoms with Gasteiger partial charge in [-0.15, -0.1) is 0 Å². The van der Waals surface area contributed by atoms with Crippen LogP contribution in [0, 0.1) is 12.7 Å². The van der Waals surface area contributed by atoms with E-state index in [0.717, 1.165) is 11.3 Å². The van der Waals surface area contributed by atoms with Crippen molar-refractivity contribution < 1.29 is 4.39 Å². The summed E-state index contributed by atoms with van der Waals surface area (Å²) in [6.45, 7) is 1.95. The van der Waals surface area contributed by atoms with E-state index in [2.05, 4.69) is 5.32 Å². The third kappa shape index (κ3) is 2.33. The number of aryl methyl sites for hydroxylation is 1. The van der Waals surface area contributed by atoms with Gasteiger partial charge in [-0.05, 0) is 30.7 Å². The maximum Gasteiger partial charge on any atom is 0.169 e. The molecule has 0 aliphatic heterocycles. The van der Waals surface area contributed by atoms with Crippen molar-refractivity contribution in [2.75, 3.05) is 16.8 Å². The molecule has 0 saturated heterocycles. The van der Waals surface area contributed by atoms with Gasteiger partial charge in [-0.1, -0.05) is 23.7 Å². The molecule has 0 amide bonds. The minimum Gasteiger partial charge on any atom is -0.397 e. The zero-order chi connectivity index (χ0) is 13.3. The molecule has 18 heavy (non-hydrogen) atoms. The fraction of sp³-hybridized carbons (Fsp3) is 0.0769. The standard InChI is InChI=1S/C13H13ClFN3/c1-7-3-2-4-8(5-7)18-13-10(17)6-9(16)11(14)12(13)15/h2-6,18H,16-17H2,1H3. The number of anilines is 4. The molecule has 0 heterocycles. The number of nitrogens with one attached hydrogen (secondary N) is 1. The predicted octanol–water partition coefficient (Wildman–Crippen LogP) is 3.70. The Hall–Kier alpha value is -1.94. The fourth-order valence-electron chi connectivity index (χ4n) is 1.66. The van der Waals surface area contributed by atoms with Gasteiger partial charge >= 0.3 is 0 Å². The van der Waals surface area contributed by atoms with Crippen molar-refractivity contribution in [1.29, 1.82) is 0 Å². The normalized spacial score (nSPS) is 10.4. The van der Waals surface area contributed by atoms with Crippen molar-refractivity contribution in [3.8, 4) is 0 Å². The van der Waals surface area contributed by atoms with Crippen LogP contribution in [0.15, 0.2) is 30.3 Å². The zero-order valence-corrected chi connectivity index (χ0v) is 10.6. The van der Waals surface area contributed by atoms with E-state index in [4.69, 9.17) is 23.1 Å². The molecule has 0 radical (unpaired) electrons. The van der Waals surface area contributed by atoms with Crippen LogP contribution in [-0.4, -0.2) is 0 Å². The molecule has 0 aromatic heterocycles. The number of hydrogen-bond acceptors (Lipinski definition) is 3. The van der Waals surface area contributed by atoms with Crippen molar-refractivity contribution in [2.45, 2.75) is 6.92 Å². The molecule has 0 atom stereocenters. The average Bonchev–Trinajstić information content (AvgIpc) is 2.32. The Bertz CT molecular complexity index is 599. The summed E-state index contributed by atoms with van der Waals surface area (Å²) in [6.07, 6.45) is 0. The number of halogens is 2. The Morgan fingerprint density at radius 1 is 1.17 bits per heavy atom. The first-order valence-corrected chi connectivity index (χ1v) is 5.73. The number of rotatable bonds is 2. The largest absolute Gasteiger partial charge is 0.397 e. The summed E-state index contributed by atoms with van der Waals surface area (Å²) in [5.74, 6) is -0.643. The lowest BCUT2D eigenvalue weighted by Crippen LogP contribution is -2.02. The van der Waals surface area contributed by atoms with Gasteiger partial charge in [0.25, 0.3) is 0 Å². The van der Waals surface area contributed by atoms with Crippen LogP contribution in [-0.2, 0) is 0 Å². The van der Waals surface area contributed by atoms with Gasteiger partial charge in [-0.3, -0.25) is 0 Å². The van der Waals surface area contributed by atoms with Crippen LogP contribution in [0.2, 0.25) is 5.02 Å². The highest BCUT2D eigenvalue weighted by Gasteiger charge is 2.14. The van der Waals surface area contributed by atoms with E-state index >= 15 is 0 Å². The Morgan fingerprint density at radius 2 is 1.89 bits per heavy atom. The van der Waals surface area contributed by atoms with Crippen molar-refractivity contribution >= 4 is 34.4 Å². The number of benzene rings is 2. The second kappa shape index (κ2) is 4.74. The number of nitrogens with two attached hydrogens (primary N) is 2. The highest BCUT2D eigenvalue weighted by atomic mass is 35.5. The van der Waals surface area contributed by atoms with E-state index in [0.29, 0.717) is 0 Å². The average molecular weight is 266 g/mol. The minimum atomic E-state index is -0.643. The summed E-state index contributed by atoms with van der Waals surface area (Å²) in [7, 11) is 0. The molecule has 0 spiro atoms. The SMILES string of the molecule is Cc1cccc(Nc2c(N)cc(N)c(Cl)c2F)c1. The third-order valence-electron chi connectivity index (χ3n) is 2.55. The van der Waals surface area contributed by atoms with Crippen LogP contribution in [0.3, 0.4) is 0 Å². The van der Waals surface area contributed by atoms with Gasteiger partial charge < -0.3 is 16.8 Å². The smallest absolute Gasteiger partial charge is 0.169 e. The Labute approximate surface area is 110 Å². The van der Waals surface area contributed by atoms with Gasteiger partial charge in [-0.25, -0.2) is 4.39 Å². The highest BCUT2D eigenvalue weighted by Crippen LogP contribution is 2.35. The van der Waals surface area contributed by atoms with Crippen LogP contribution in [0.1, 0.15) is 5.56 Å². The lowest BCUT2D eigenvalue weighted by Gasteiger charge is -2.13. The lowest BCUT2D eigenvalue weighted by atomic mass is 10.2. The summed E-state index contributed by atoms with van der Waals surface area (Å²) in [5.41, 5.74) is 13.5. The van der Waals surface area contributed by atoms with Crippen LogP contribution >= 0.6 is 11.6 Å².